The Labute approximate surface area is 119 Å². The number of nitrogens with zero attached hydrogens (tertiary/aromatic N) is 5. The molecule has 1 N–H and O–H groups in total. The first kappa shape index (κ1) is 13.0. The molecule has 0 amide bonds. The van der Waals surface area contributed by atoms with Crippen LogP contribution in [0.1, 0.15) is 0 Å². The molecule has 1 aromatic carbocycles. The minimum Gasteiger partial charge on any atom is -0.378 e. The average molecular weight is 284 g/mol. The highest BCUT2D eigenvalue weighted by molar-refractivity contribution is 5.94. The molecule has 0 aliphatic carbocycles. The maximum absolute atomic E-state index is 11.3. The van der Waals surface area contributed by atoms with Crippen LogP contribution in [0.4, 0.5) is 11.4 Å². The summed E-state index contributed by atoms with van der Waals surface area (Å²) in [7, 11) is 0. The molecular formula is C13H12N6O2. The van der Waals surface area contributed by atoms with Gasteiger partial charge in [-0.15, -0.1) is 5.10 Å². The molecule has 0 saturated carbocycles. The lowest BCUT2D eigenvalue weighted by Gasteiger charge is -2.08. The van der Waals surface area contributed by atoms with Gasteiger partial charge in [-0.2, -0.15) is 0 Å². The fourth-order valence-electron chi connectivity index (χ4n) is 2.13. The van der Waals surface area contributed by atoms with Crippen LogP contribution in [-0.2, 0) is 6.54 Å². The van der Waals surface area contributed by atoms with Gasteiger partial charge in [0.05, 0.1) is 28.6 Å². The number of fused-ring (bicyclic) bond motifs is 1. The minimum absolute atomic E-state index is 0.0409. The van der Waals surface area contributed by atoms with Gasteiger partial charge in [0.1, 0.15) is 5.69 Å². The molecule has 0 spiro atoms. The maximum atomic E-state index is 11.3. The lowest BCUT2D eigenvalue weighted by molar-refractivity contribution is -0.382. The predicted molar refractivity (Wildman–Crippen MR) is 76.9 cm³/mol. The van der Waals surface area contributed by atoms with E-state index >= 15 is 0 Å². The van der Waals surface area contributed by atoms with Crippen molar-refractivity contribution in [3.8, 4) is 0 Å². The molecule has 2 aromatic heterocycles. The first-order valence-electron chi connectivity index (χ1n) is 6.36. The van der Waals surface area contributed by atoms with E-state index in [1.165, 1.54) is 0 Å². The van der Waals surface area contributed by atoms with Gasteiger partial charge in [-0.3, -0.25) is 19.8 Å². The van der Waals surface area contributed by atoms with E-state index in [9.17, 15) is 10.1 Å². The Morgan fingerprint density at radius 1 is 1.29 bits per heavy atom. The monoisotopic (exact) mass is 284 g/mol. The van der Waals surface area contributed by atoms with Crippen molar-refractivity contribution in [3.05, 3.63) is 53.0 Å². The molecule has 106 valence electrons. The lowest BCUT2D eigenvalue weighted by atomic mass is 10.1. The largest absolute Gasteiger partial charge is 0.378 e. The van der Waals surface area contributed by atoms with Gasteiger partial charge in [-0.05, 0) is 24.3 Å². The Bertz CT molecular complexity index is 771. The molecule has 21 heavy (non-hydrogen) atoms. The first-order chi connectivity index (χ1) is 10.3. The Morgan fingerprint density at radius 2 is 2.19 bits per heavy atom. The van der Waals surface area contributed by atoms with E-state index in [1.807, 2.05) is 0 Å². The van der Waals surface area contributed by atoms with E-state index in [4.69, 9.17) is 0 Å². The highest BCUT2D eigenvalue weighted by Crippen LogP contribution is 2.32. The van der Waals surface area contributed by atoms with Crippen LogP contribution in [0.2, 0.25) is 0 Å². The van der Waals surface area contributed by atoms with Crippen LogP contribution in [0.3, 0.4) is 0 Å². The van der Waals surface area contributed by atoms with Gasteiger partial charge >= 0.3 is 5.69 Å². The van der Waals surface area contributed by atoms with E-state index in [1.54, 1.807) is 47.5 Å². The van der Waals surface area contributed by atoms with Crippen LogP contribution in [0.25, 0.3) is 10.9 Å². The third kappa shape index (κ3) is 2.64. The van der Waals surface area contributed by atoms with Crippen LogP contribution in [0.15, 0.2) is 42.9 Å². The van der Waals surface area contributed by atoms with E-state index in [0.717, 1.165) is 0 Å². The van der Waals surface area contributed by atoms with E-state index in [0.29, 0.717) is 29.7 Å². The molecule has 0 radical (unpaired) electrons. The molecule has 2 heterocycles. The van der Waals surface area contributed by atoms with Gasteiger partial charge in [-0.25, -0.2) is 0 Å². The molecule has 0 aliphatic rings. The Balaban J connectivity index is 1.87. The number of nitro groups is 1. The standard InChI is InChI=1S/C13H12N6O2/c20-19(21)13-10-2-1-5-14-11(10)3-4-12(13)15-6-8-18-9-7-16-17-18/h1-5,7,9,15H,6,8H2. The van der Waals surface area contributed by atoms with Crippen molar-refractivity contribution in [2.24, 2.45) is 0 Å². The highest BCUT2D eigenvalue weighted by Gasteiger charge is 2.18. The van der Waals surface area contributed by atoms with Gasteiger partial charge in [0.2, 0.25) is 0 Å². The Kier molecular flexibility index (Phi) is 3.42. The van der Waals surface area contributed by atoms with Gasteiger partial charge in [0.15, 0.2) is 0 Å². The molecular weight excluding hydrogens is 272 g/mol. The second-order valence-corrected chi connectivity index (χ2v) is 4.38. The van der Waals surface area contributed by atoms with E-state index in [2.05, 4.69) is 20.6 Å². The van der Waals surface area contributed by atoms with Crippen molar-refractivity contribution in [3.63, 3.8) is 0 Å². The maximum Gasteiger partial charge on any atom is 0.301 e. The SMILES string of the molecule is O=[N+]([O-])c1c(NCCn2ccnn2)ccc2ncccc12. The number of pyridine rings is 1. The van der Waals surface area contributed by atoms with E-state index in [-0.39, 0.29) is 10.6 Å². The normalized spacial score (nSPS) is 10.7. The van der Waals surface area contributed by atoms with Gasteiger partial charge in [0, 0.05) is 18.9 Å². The molecule has 3 aromatic rings. The van der Waals surface area contributed by atoms with Gasteiger partial charge in [0.25, 0.3) is 0 Å². The van der Waals surface area contributed by atoms with Gasteiger partial charge < -0.3 is 5.32 Å². The molecule has 0 fully saturated rings. The fourth-order valence-corrected chi connectivity index (χ4v) is 2.13. The minimum atomic E-state index is -0.387. The van der Waals surface area contributed by atoms with Crippen molar-refractivity contribution in [2.75, 3.05) is 11.9 Å². The highest BCUT2D eigenvalue weighted by atomic mass is 16.6. The molecule has 0 bridgehead atoms. The summed E-state index contributed by atoms with van der Waals surface area (Å²) in [4.78, 5) is 15.1. The predicted octanol–water partition coefficient (Wildman–Crippen LogP) is 1.85. The topological polar surface area (TPSA) is 98.8 Å². The summed E-state index contributed by atoms with van der Waals surface area (Å²) in [6.45, 7) is 1.08. The van der Waals surface area contributed by atoms with Crippen molar-refractivity contribution < 1.29 is 4.92 Å². The van der Waals surface area contributed by atoms with E-state index < -0.39 is 0 Å². The number of nitrogens with one attached hydrogen (secondary N) is 1. The molecule has 0 atom stereocenters. The van der Waals surface area contributed by atoms with Crippen LogP contribution in [0.5, 0.6) is 0 Å². The number of benzene rings is 1. The van der Waals surface area contributed by atoms with Crippen molar-refractivity contribution in [1.82, 2.24) is 20.0 Å². The summed E-state index contributed by atoms with van der Waals surface area (Å²) < 4.78 is 1.65. The molecule has 0 saturated heterocycles. The number of rotatable bonds is 5. The summed E-state index contributed by atoms with van der Waals surface area (Å²) >= 11 is 0. The average Bonchev–Trinajstić information content (AvgIpc) is 3.00. The molecule has 8 nitrogen and oxygen atoms in total. The molecule has 0 unspecified atom stereocenters. The summed E-state index contributed by atoms with van der Waals surface area (Å²) in [5.74, 6) is 0. The first-order valence-corrected chi connectivity index (χ1v) is 6.36. The smallest absolute Gasteiger partial charge is 0.301 e. The number of aromatic nitrogens is 4. The van der Waals surface area contributed by atoms with Crippen LogP contribution >= 0.6 is 0 Å². The number of hydrogen-bond donors (Lipinski definition) is 1. The van der Waals surface area contributed by atoms with Crippen molar-refractivity contribution in [2.45, 2.75) is 6.54 Å². The zero-order valence-electron chi connectivity index (χ0n) is 11.0. The number of hydrogen-bond acceptors (Lipinski definition) is 6. The quantitative estimate of drug-likeness (QED) is 0.567. The molecule has 3 rings (SSSR count). The molecule has 0 aliphatic heterocycles. The lowest BCUT2D eigenvalue weighted by Crippen LogP contribution is -2.12. The van der Waals surface area contributed by atoms with Crippen LogP contribution < -0.4 is 5.32 Å². The summed E-state index contributed by atoms with van der Waals surface area (Å²) in [5.41, 5.74) is 1.12. The third-order valence-electron chi connectivity index (χ3n) is 3.07. The van der Waals surface area contributed by atoms with Crippen LogP contribution in [0, 0.1) is 10.1 Å². The number of anilines is 1. The number of nitro benzene ring substituents is 1. The summed E-state index contributed by atoms with van der Waals surface area (Å²) in [5, 5.41) is 22.5. The summed E-state index contributed by atoms with van der Waals surface area (Å²) in [6, 6.07) is 6.83. The van der Waals surface area contributed by atoms with Gasteiger partial charge in [-0.1, -0.05) is 5.21 Å². The Hall–Kier alpha value is -3.03. The summed E-state index contributed by atoms with van der Waals surface area (Å²) in [6.07, 6.45) is 4.94. The van der Waals surface area contributed by atoms with Crippen molar-refractivity contribution >= 4 is 22.3 Å². The second kappa shape index (κ2) is 5.53. The zero-order valence-corrected chi connectivity index (χ0v) is 11.0. The Morgan fingerprint density at radius 3 is 2.95 bits per heavy atom. The van der Waals surface area contributed by atoms with Crippen molar-refractivity contribution in [1.29, 1.82) is 0 Å². The zero-order chi connectivity index (χ0) is 14.7. The second-order valence-electron chi connectivity index (χ2n) is 4.38. The molecule has 8 heteroatoms. The van der Waals surface area contributed by atoms with Crippen LogP contribution in [-0.4, -0.2) is 31.4 Å². The fraction of sp³-hybridized carbons (Fsp3) is 0.154. The third-order valence-corrected chi connectivity index (χ3v) is 3.07.